The van der Waals surface area contributed by atoms with Gasteiger partial charge in [0.05, 0.1) is 18.6 Å². The number of hydrogen-bond donors (Lipinski definition) is 0. The van der Waals surface area contributed by atoms with Crippen LogP contribution in [0, 0.1) is 17.3 Å². The highest BCUT2D eigenvalue weighted by Crippen LogP contribution is 2.36. The van der Waals surface area contributed by atoms with Gasteiger partial charge in [0.15, 0.2) is 0 Å². The molecule has 0 rings (SSSR count). The van der Waals surface area contributed by atoms with Gasteiger partial charge in [-0.3, -0.25) is 4.79 Å². The lowest BCUT2D eigenvalue weighted by Gasteiger charge is -2.35. The summed E-state index contributed by atoms with van der Waals surface area (Å²) in [6.07, 6.45) is 0.803. The lowest BCUT2D eigenvalue weighted by molar-refractivity contribution is -0.164. The predicted molar refractivity (Wildman–Crippen MR) is 65.2 cm³/mol. The lowest BCUT2D eigenvalue weighted by atomic mass is 9.72. The largest absolute Gasteiger partial charge is 0.465 e. The molecule has 16 heavy (non-hydrogen) atoms. The van der Waals surface area contributed by atoms with Crippen LogP contribution in [0.4, 0.5) is 0 Å². The van der Waals surface area contributed by atoms with Gasteiger partial charge in [-0.05, 0) is 25.2 Å². The molecule has 0 amide bonds. The number of rotatable bonds is 7. The summed E-state index contributed by atoms with van der Waals surface area (Å²) in [7, 11) is 1.64. The highest BCUT2D eigenvalue weighted by atomic mass is 16.5. The van der Waals surface area contributed by atoms with Crippen LogP contribution in [0.25, 0.3) is 0 Å². The highest BCUT2D eigenvalue weighted by molar-refractivity contribution is 5.77. The molecule has 0 aromatic heterocycles. The van der Waals surface area contributed by atoms with Gasteiger partial charge in [-0.15, -0.1) is 0 Å². The van der Waals surface area contributed by atoms with Crippen molar-refractivity contribution in [3.63, 3.8) is 0 Å². The molecule has 0 aliphatic carbocycles. The normalized spacial score (nSPS) is 15.2. The number of carbonyl (C=O) groups excluding carboxylic acids is 1. The van der Waals surface area contributed by atoms with Gasteiger partial charge < -0.3 is 9.47 Å². The average molecular weight is 230 g/mol. The van der Waals surface area contributed by atoms with Crippen LogP contribution in [0.1, 0.15) is 41.0 Å². The minimum absolute atomic E-state index is 0.124. The summed E-state index contributed by atoms with van der Waals surface area (Å²) < 4.78 is 10.4. The smallest absolute Gasteiger partial charge is 0.314 e. The van der Waals surface area contributed by atoms with Crippen molar-refractivity contribution in [2.45, 2.75) is 41.0 Å². The molecular formula is C13H26O3. The topological polar surface area (TPSA) is 35.5 Å². The molecule has 0 aromatic rings. The summed E-state index contributed by atoms with van der Waals surface area (Å²) in [6, 6.07) is 0. The molecule has 96 valence electrons. The van der Waals surface area contributed by atoms with Gasteiger partial charge in [-0.1, -0.05) is 27.7 Å². The van der Waals surface area contributed by atoms with Crippen molar-refractivity contribution < 1.29 is 14.3 Å². The zero-order chi connectivity index (χ0) is 12.8. The fraction of sp³-hybridized carbons (Fsp3) is 0.923. The fourth-order valence-corrected chi connectivity index (χ4v) is 2.10. The molecule has 1 unspecified atom stereocenters. The molecule has 3 nitrogen and oxygen atoms in total. The van der Waals surface area contributed by atoms with Crippen LogP contribution in [0.15, 0.2) is 0 Å². The molecule has 3 heteroatoms. The number of esters is 1. The van der Waals surface area contributed by atoms with E-state index in [0.29, 0.717) is 19.1 Å². The Bertz CT molecular complexity index is 211. The standard InChI is InChI=1S/C13H26O3/c1-7-16-12(14)13(9-15-6,11(4)5)8-10(2)3/h10-11H,7-9H2,1-6H3. The molecule has 0 fully saturated rings. The van der Waals surface area contributed by atoms with Gasteiger partial charge >= 0.3 is 5.97 Å². The second-order valence-electron chi connectivity index (χ2n) is 5.06. The second kappa shape index (κ2) is 6.89. The third-order valence-corrected chi connectivity index (χ3v) is 2.96. The summed E-state index contributed by atoms with van der Waals surface area (Å²) >= 11 is 0. The Morgan fingerprint density at radius 1 is 1.25 bits per heavy atom. The minimum Gasteiger partial charge on any atom is -0.465 e. The van der Waals surface area contributed by atoms with Crippen molar-refractivity contribution >= 4 is 5.97 Å². The molecule has 0 heterocycles. The van der Waals surface area contributed by atoms with Crippen molar-refractivity contribution in [3.05, 3.63) is 0 Å². The summed E-state index contributed by atoms with van der Waals surface area (Å²) in [5.74, 6) is 0.538. The highest BCUT2D eigenvalue weighted by Gasteiger charge is 2.43. The van der Waals surface area contributed by atoms with Crippen LogP contribution in [0.5, 0.6) is 0 Å². The van der Waals surface area contributed by atoms with E-state index in [1.165, 1.54) is 0 Å². The molecule has 0 aromatic carbocycles. The van der Waals surface area contributed by atoms with Crippen LogP contribution in [0.2, 0.25) is 0 Å². The molecule has 0 bridgehead atoms. The first-order valence-corrected chi connectivity index (χ1v) is 6.06. The second-order valence-corrected chi connectivity index (χ2v) is 5.06. The molecular weight excluding hydrogens is 204 g/mol. The van der Waals surface area contributed by atoms with Gasteiger partial charge in [0.2, 0.25) is 0 Å². The van der Waals surface area contributed by atoms with E-state index in [0.717, 1.165) is 6.42 Å². The molecule has 0 aliphatic rings. The van der Waals surface area contributed by atoms with Crippen LogP contribution >= 0.6 is 0 Å². The van der Waals surface area contributed by atoms with Gasteiger partial charge in [0.1, 0.15) is 0 Å². The van der Waals surface area contributed by atoms with Crippen molar-refractivity contribution in [1.29, 1.82) is 0 Å². The third kappa shape index (κ3) is 3.78. The fourth-order valence-electron chi connectivity index (χ4n) is 2.10. The van der Waals surface area contributed by atoms with E-state index in [1.54, 1.807) is 7.11 Å². The number of hydrogen-bond acceptors (Lipinski definition) is 3. The number of methoxy groups -OCH3 is 1. The van der Waals surface area contributed by atoms with E-state index in [1.807, 2.05) is 6.92 Å². The summed E-state index contributed by atoms with van der Waals surface area (Å²) in [5, 5.41) is 0. The zero-order valence-corrected chi connectivity index (χ0v) is 11.5. The SMILES string of the molecule is CCOC(=O)C(COC)(CC(C)C)C(C)C. The maximum atomic E-state index is 12.1. The lowest BCUT2D eigenvalue weighted by Crippen LogP contribution is -2.43. The van der Waals surface area contributed by atoms with Gasteiger partial charge in [0.25, 0.3) is 0 Å². The van der Waals surface area contributed by atoms with Crippen molar-refractivity contribution in [1.82, 2.24) is 0 Å². The van der Waals surface area contributed by atoms with Gasteiger partial charge in [-0.25, -0.2) is 0 Å². The molecule has 0 radical (unpaired) electrons. The average Bonchev–Trinajstić information content (AvgIpc) is 2.16. The first-order valence-electron chi connectivity index (χ1n) is 6.06. The van der Waals surface area contributed by atoms with E-state index < -0.39 is 5.41 Å². The first-order chi connectivity index (χ1) is 7.40. The van der Waals surface area contributed by atoms with Crippen LogP contribution < -0.4 is 0 Å². The molecule has 1 atom stereocenters. The van der Waals surface area contributed by atoms with Crippen LogP contribution in [-0.4, -0.2) is 26.3 Å². The Hall–Kier alpha value is -0.570. The van der Waals surface area contributed by atoms with E-state index in [9.17, 15) is 4.79 Å². The third-order valence-electron chi connectivity index (χ3n) is 2.96. The van der Waals surface area contributed by atoms with E-state index in [2.05, 4.69) is 27.7 Å². The van der Waals surface area contributed by atoms with E-state index in [-0.39, 0.29) is 11.9 Å². The Morgan fingerprint density at radius 3 is 2.12 bits per heavy atom. The molecule has 0 spiro atoms. The summed E-state index contributed by atoms with van der Waals surface area (Å²) in [6.45, 7) is 11.0. The van der Waals surface area contributed by atoms with Crippen LogP contribution in [-0.2, 0) is 14.3 Å². The number of carbonyl (C=O) groups is 1. The van der Waals surface area contributed by atoms with Crippen molar-refractivity contribution in [2.24, 2.45) is 17.3 Å². The quantitative estimate of drug-likeness (QED) is 0.631. The maximum absolute atomic E-state index is 12.1. The maximum Gasteiger partial charge on any atom is 0.314 e. The van der Waals surface area contributed by atoms with Crippen molar-refractivity contribution in [3.8, 4) is 0 Å². The van der Waals surface area contributed by atoms with Gasteiger partial charge in [-0.2, -0.15) is 0 Å². The number of ether oxygens (including phenoxy) is 2. The van der Waals surface area contributed by atoms with Crippen molar-refractivity contribution in [2.75, 3.05) is 20.3 Å². The summed E-state index contributed by atoms with van der Waals surface area (Å²) in [4.78, 5) is 12.1. The molecule has 0 saturated carbocycles. The molecule has 0 saturated heterocycles. The minimum atomic E-state index is -0.501. The Balaban J connectivity index is 4.99. The summed E-state index contributed by atoms with van der Waals surface area (Å²) in [5.41, 5.74) is -0.501. The Labute approximate surface area is 99.5 Å². The van der Waals surface area contributed by atoms with Crippen LogP contribution in [0.3, 0.4) is 0 Å². The Morgan fingerprint density at radius 2 is 1.81 bits per heavy atom. The van der Waals surface area contributed by atoms with E-state index in [4.69, 9.17) is 9.47 Å². The zero-order valence-electron chi connectivity index (χ0n) is 11.5. The van der Waals surface area contributed by atoms with E-state index >= 15 is 0 Å². The first kappa shape index (κ1) is 15.4. The van der Waals surface area contributed by atoms with Gasteiger partial charge in [0, 0.05) is 7.11 Å². The Kier molecular flexibility index (Phi) is 6.65. The predicted octanol–water partition coefficient (Wildman–Crippen LogP) is 2.88. The molecule has 0 N–H and O–H groups in total. The molecule has 0 aliphatic heterocycles. The monoisotopic (exact) mass is 230 g/mol.